The van der Waals surface area contributed by atoms with Crippen LogP contribution >= 0.6 is 0 Å². The zero-order valence-corrected chi connectivity index (χ0v) is 16.5. The number of nitrogens with one attached hydrogen (secondary N) is 2. The lowest BCUT2D eigenvalue weighted by Gasteiger charge is -2.45. The number of piperidine rings is 1. The molecule has 1 amide bonds. The van der Waals surface area contributed by atoms with Crippen molar-refractivity contribution in [3.05, 3.63) is 70.6 Å². The predicted octanol–water partition coefficient (Wildman–Crippen LogP) is 2.94. The van der Waals surface area contributed by atoms with Crippen LogP contribution in [0.4, 0.5) is 5.69 Å². The highest BCUT2D eigenvalue weighted by Crippen LogP contribution is 2.34. The minimum absolute atomic E-state index is 0.113. The largest absolute Gasteiger partial charge is 0.362 e. The zero-order valence-electron chi connectivity index (χ0n) is 15.7. The molecular formula is C21H23N3O3S. The summed E-state index contributed by atoms with van der Waals surface area (Å²) in [6, 6.07) is 15.0. The summed E-state index contributed by atoms with van der Waals surface area (Å²) in [5.74, 6) is -0.113. The Hall–Kier alpha value is -2.64. The summed E-state index contributed by atoms with van der Waals surface area (Å²) >= 11 is 0. The van der Waals surface area contributed by atoms with E-state index < -0.39 is 15.7 Å². The van der Waals surface area contributed by atoms with Gasteiger partial charge in [0.1, 0.15) is 5.66 Å². The Morgan fingerprint density at radius 2 is 1.71 bits per heavy atom. The number of carbonyl (C=O) groups is 1. The molecule has 0 saturated carbocycles. The van der Waals surface area contributed by atoms with Gasteiger partial charge in [-0.05, 0) is 30.2 Å². The van der Waals surface area contributed by atoms with E-state index in [1.54, 1.807) is 12.1 Å². The second-order valence-corrected chi connectivity index (χ2v) is 9.13. The van der Waals surface area contributed by atoms with Gasteiger partial charge in [0.25, 0.3) is 5.91 Å². The molecule has 0 bridgehead atoms. The fourth-order valence-corrected chi connectivity index (χ4v) is 4.96. The molecule has 2 aliphatic heterocycles. The van der Waals surface area contributed by atoms with Crippen molar-refractivity contribution in [3.8, 4) is 0 Å². The predicted molar refractivity (Wildman–Crippen MR) is 110 cm³/mol. The quantitative estimate of drug-likeness (QED) is 0.835. The molecule has 2 aromatic carbocycles. The van der Waals surface area contributed by atoms with Crippen LogP contribution in [0.5, 0.6) is 0 Å². The molecule has 1 fully saturated rings. The number of amides is 1. The summed E-state index contributed by atoms with van der Waals surface area (Å²) in [7, 11) is -3.51. The summed E-state index contributed by atoms with van der Waals surface area (Å²) in [6.45, 7) is 2.65. The summed E-state index contributed by atoms with van der Waals surface area (Å²) in [6.07, 6.45) is 2.62. The lowest BCUT2D eigenvalue weighted by molar-refractivity contribution is 0.0865. The maximum atomic E-state index is 12.7. The Balaban J connectivity index is 1.48. The average molecular weight is 398 g/mol. The first-order valence-electron chi connectivity index (χ1n) is 9.32. The number of hydrogen-bond donors (Lipinski definition) is 2. The molecule has 2 aliphatic rings. The molecule has 2 N–H and O–H groups in total. The molecule has 28 heavy (non-hydrogen) atoms. The van der Waals surface area contributed by atoms with Crippen molar-refractivity contribution in [2.24, 2.45) is 0 Å². The van der Waals surface area contributed by atoms with E-state index in [-0.39, 0.29) is 5.91 Å². The lowest BCUT2D eigenvalue weighted by Crippen LogP contribution is -2.62. The van der Waals surface area contributed by atoms with Gasteiger partial charge in [-0.1, -0.05) is 42.5 Å². The van der Waals surface area contributed by atoms with Gasteiger partial charge in [-0.2, -0.15) is 4.31 Å². The van der Waals surface area contributed by atoms with Crippen LogP contribution in [0, 0.1) is 6.92 Å². The highest BCUT2D eigenvalue weighted by molar-refractivity contribution is 7.92. The first kappa shape index (κ1) is 18.7. The molecule has 0 aromatic heterocycles. The lowest BCUT2D eigenvalue weighted by atomic mass is 9.92. The number of nitrogens with zero attached hydrogens (tertiary/aromatic N) is 1. The van der Waals surface area contributed by atoms with E-state index in [1.165, 1.54) is 9.71 Å². The van der Waals surface area contributed by atoms with Crippen LogP contribution in [-0.2, 0) is 10.0 Å². The van der Waals surface area contributed by atoms with Gasteiger partial charge in [0, 0.05) is 31.3 Å². The third-order valence-electron chi connectivity index (χ3n) is 5.40. The van der Waals surface area contributed by atoms with Crippen LogP contribution in [0.3, 0.4) is 0 Å². The standard InChI is InChI=1S/C21H23N3O3S/c1-16-6-5-9-18-19(16)22-21(23-20(18)25)11-13-24(14-12-21)28(26,27)15-10-17-7-3-2-4-8-17/h2-10,15,22H,11-14H2,1H3,(H,23,25)/b15-10+. The molecule has 0 aliphatic carbocycles. The van der Waals surface area contributed by atoms with Crippen molar-refractivity contribution in [2.45, 2.75) is 25.4 Å². The topological polar surface area (TPSA) is 78.5 Å². The van der Waals surface area contributed by atoms with Gasteiger partial charge in [-0.3, -0.25) is 4.79 Å². The Kier molecular flexibility index (Phi) is 4.72. The summed E-state index contributed by atoms with van der Waals surface area (Å²) in [5.41, 5.74) is 2.71. The molecule has 146 valence electrons. The minimum atomic E-state index is -3.51. The number of benzene rings is 2. The number of aryl methyl sites for hydroxylation is 1. The fourth-order valence-electron chi connectivity index (χ4n) is 3.77. The minimum Gasteiger partial charge on any atom is -0.362 e. The number of hydrogen-bond acceptors (Lipinski definition) is 4. The van der Waals surface area contributed by atoms with E-state index in [4.69, 9.17) is 0 Å². The second-order valence-electron chi connectivity index (χ2n) is 7.32. The van der Waals surface area contributed by atoms with Gasteiger partial charge in [0.2, 0.25) is 10.0 Å². The van der Waals surface area contributed by atoms with Crippen molar-refractivity contribution < 1.29 is 13.2 Å². The Labute approximate surface area is 165 Å². The van der Waals surface area contributed by atoms with Crippen LogP contribution in [0.2, 0.25) is 0 Å². The normalized spacial score (nSPS) is 19.2. The van der Waals surface area contributed by atoms with Crippen molar-refractivity contribution in [1.82, 2.24) is 9.62 Å². The Morgan fingerprint density at radius 3 is 2.43 bits per heavy atom. The van der Waals surface area contributed by atoms with Crippen LogP contribution < -0.4 is 10.6 Å². The van der Waals surface area contributed by atoms with Crippen molar-refractivity contribution in [2.75, 3.05) is 18.4 Å². The molecule has 0 atom stereocenters. The van der Waals surface area contributed by atoms with Gasteiger partial charge in [0.05, 0.1) is 11.3 Å². The smallest absolute Gasteiger partial charge is 0.255 e. The van der Waals surface area contributed by atoms with Crippen LogP contribution in [-0.4, -0.2) is 37.4 Å². The number of sulfonamides is 1. The molecule has 2 heterocycles. The van der Waals surface area contributed by atoms with Crippen molar-refractivity contribution >= 4 is 27.7 Å². The van der Waals surface area contributed by atoms with Crippen molar-refractivity contribution in [1.29, 1.82) is 0 Å². The highest BCUT2D eigenvalue weighted by atomic mass is 32.2. The first-order chi connectivity index (χ1) is 13.4. The van der Waals surface area contributed by atoms with Crippen LogP contribution in [0.1, 0.15) is 34.3 Å². The van der Waals surface area contributed by atoms with E-state index >= 15 is 0 Å². The van der Waals surface area contributed by atoms with E-state index in [1.807, 2.05) is 49.4 Å². The molecule has 0 radical (unpaired) electrons. The Bertz CT molecular complexity index is 1020. The molecule has 1 spiro atoms. The van der Waals surface area contributed by atoms with E-state index in [0.717, 1.165) is 16.8 Å². The maximum Gasteiger partial charge on any atom is 0.255 e. The van der Waals surface area contributed by atoms with Crippen LogP contribution in [0.25, 0.3) is 6.08 Å². The summed E-state index contributed by atoms with van der Waals surface area (Å²) < 4.78 is 26.8. The number of para-hydroxylation sites is 1. The second kappa shape index (κ2) is 7.07. The van der Waals surface area contributed by atoms with Gasteiger partial charge >= 0.3 is 0 Å². The molecule has 2 aromatic rings. The first-order valence-corrected chi connectivity index (χ1v) is 10.8. The van der Waals surface area contributed by atoms with Gasteiger partial charge in [-0.25, -0.2) is 8.42 Å². The molecule has 4 rings (SSSR count). The van der Waals surface area contributed by atoms with Gasteiger partial charge < -0.3 is 10.6 Å². The maximum absolute atomic E-state index is 12.7. The van der Waals surface area contributed by atoms with E-state index in [9.17, 15) is 13.2 Å². The molecule has 1 saturated heterocycles. The molecular weight excluding hydrogens is 374 g/mol. The Morgan fingerprint density at radius 1 is 1.00 bits per heavy atom. The molecule has 6 nitrogen and oxygen atoms in total. The number of fused-ring (bicyclic) bond motifs is 1. The average Bonchev–Trinajstić information content (AvgIpc) is 2.69. The third kappa shape index (κ3) is 3.55. The van der Waals surface area contributed by atoms with Gasteiger partial charge in [-0.15, -0.1) is 0 Å². The van der Waals surface area contributed by atoms with Gasteiger partial charge in [0.15, 0.2) is 0 Å². The zero-order chi connectivity index (χ0) is 19.8. The highest BCUT2D eigenvalue weighted by Gasteiger charge is 2.42. The van der Waals surface area contributed by atoms with Crippen molar-refractivity contribution in [3.63, 3.8) is 0 Å². The summed E-state index contributed by atoms with van der Waals surface area (Å²) in [5, 5.41) is 7.78. The molecule has 7 heteroatoms. The molecule has 0 unspecified atom stereocenters. The summed E-state index contributed by atoms with van der Waals surface area (Å²) in [4.78, 5) is 12.6. The number of rotatable bonds is 3. The van der Waals surface area contributed by atoms with Crippen LogP contribution in [0.15, 0.2) is 53.9 Å². The van der Waals surface area contributed by atoms with E-state index in [2.05, 4.69) is 10.6 Å². The fraction of sp³-hybridized carbons (Fsp3) is 0.286. The SMILES string of the molecule is Cc1cccc2c1NC1(CCN(S(=O)(=O)/C=C/c3ccccc3)CC1)NC2=O. The number of anilines is 1. The third-order valence-corrected chi connectivity index (χ3v) is 6.97. The monoisotopic (exact) mass is 397 g/mol. The number of carbonyl (C=O) groups excluding carboxylic acids is 1. The van der Waals surface area contributed by atoms with E-state index in [0.29, 0.717) is 31.5 Å².